The number of benzene rings is 23. The molecule has 0 aliphatic rings. The van der Waals surface area contributed by atoms with Gasteiger partial charge >= 0.3 is 0 Å². The predicted octanol–water partition coefficient (Wildman–Crippen LogP) is 33.1. The zero-order chi connectivity index (χ0) is 79.1. The van der Waals surface area contributed by atoms with E-state index < -0.39 is 0 Å². The van der Waals surface area contributed by atoms with E-state index >= 15 is 0 Å². The Balaban J connectivity index is 0.000000106. The van der Waals surface area contributed by atoms with Gasteiger partial charge in [0.25, 0.3) is 0 Å². The standard InChI is InChI=1S/C42H26O.C41H25NO.C34H22/c1-2-12-27(13-3-1)40-33-15-4-6-17-35(33)41(36-18-7-5-16-34(36)40)32-21-10-14-28-26-29(24-25-30(28)32)31-20-11-23-39-42(31)37-19-8-9-22-38(37)43-39;1-3-11-27(12-4-1)37-31-15-7-9-17-33(31)38(34-18-10-8-16-32(34)37)30-22-20-26-19-21-28-23-24-36-40(39(28)35(26)25-30)43-41(42-36)29-13-5-2-6-14-29;1-2-12-25-22-26(21-20-23(25)10-1)33-29-15-5-7-17-31(29)34(32-18-8-6-16-30(32)33)28-19-9-13-24-11-3-4-14-27(24)28/h1-26H;1-25H;1-22H. The number of furan rings is 1. The average molecular weight is 1520 g/mol. The summed E-state index contributed by atoms with van der Waals surface area (Å²) in [6.45, 7) is 0. The summed E-state index contributed by atoms with van der Waals surface area (Å²) in [5, 5.41) is 29.7. The maximum absolute atomic E-state index is 6.52. The molecule has 2 aromatic heterocycles. The van der Waals surface area contributed by atoms with Gasteiger partial charge in [-0.15, -0.1) is 0 Å². The first-order valence-corrected chi connectivity index (χ1v) is 41.2. The summed E-state index contributed by atoms with van der Waals surface area (Å²) in [7, 11) is 0. The van der Waals surface area contributed by atoms with Gasteiger partial charge < -0.3 is 8.83 Å². The van der Waals surface area contributed by atoms with E-state index in [1.54, 1.807) is 0 Å². The first-order chi connectivity index (χ1) is 59.6. The zero-order valence-corrected chi connectivity index (χ0v) is 65.4. The number of hydrogen-bond donors (Lipinski definition) is 0. The Hall–Kier alpha value is -15.8. The molecule has 0 aliphatic heterocycles. The molecule has 3 nitrogen and oxygen atoms in total. The molecule has 0 fully saturated rings. The van der Waals surface area contributed by atoms with Crippen LogP contribution < -0.4 is 0 Å². The molecule has 0 amide bonds. The number of fused-ring (bicyclic) bond motifs is 17. The van der Waals surface area contributed by atoms with Crippen molar-refractivity contribution in [2.24, 2.45) is 0 Å². The van der Waals surface area contributed by atoms with Crippen molar-refractivity contribution in [2.45, 2.75) is 0 Å². The van der Waals surface area contributed by atoms with E-state index in [1.807, 2.05) is 42.5 Å². The van der Waals surface area contributed by atoms with E-state index in [2.05, 4.69) is 400 Å². The molecule has 0 saturated carbocycles. The minimum atomic E-state index is 0.643. The smallest absolute Gasteiger partial charge is 0.227 e. The van der Waals surface area contributed by atoms with Crippen LogP contribution in [0.2, 0.25) is 0 Å². The minimum Gasteiger partial charge on any atom is -0.456 e. The van der Waals surface area contributed by atoms with Gasteiger partial charge in [0.05, 0.1) is 0 Å². The molecule has 0 spiro atoms. The molecule has 25 rings (SSSR count). The second-order valence-corrected chi connectivity index (χ2v) is 31.3. The van der Waals surface area contributed by atoms with Crippen molar-refractivity contribution in [3.05, 3.63) is 443 Å². The fourth-order valence-corrected chi connectivity index (χ4v) is 19.3. The number of oxazole rings is 1. The van der Waals surface area contributed by atoms with Crippen LogP contribution >= 0.6 is 0 Å². The van der Waals surface area contributed by atoms with Crippen LogP contribution in [0.4, 0.5) is 0 Å². The molecule has 0 aliphatic carbocycles. The van der Waals surface area contributed by atoms with Crippen LogP contribution in [0.25, 0.3) is 241 Å². The fourth-order valence-electron chi connectivity index (χ4n) is 19.3. The molecule has 3 heteroatoms. The van der Waals surface area contributed by atoms with Crippen molar-refractivity contribution in [3.63, 3.8) is 0 Å². The molecular weight excluding hydrogens is 1450 g/mol. The normalized spacial score (nSPS) is 11.7. The van der Waals surface area contributed by atoms with E-state index in [4.69, 9.17) is 13.8 Å². The molecule has 120 heavy (non-hydrogen) atoms. The van der Waals surface area contributed by atoms with E-state index in [-0.39, 0.29) is 0 Å². The van der Waals surface area contributed by atoms with Gasteiger partial charge in [0.1, 0.15) is 16.7 Å². The van der Waals surface area contributed by atoms with Crippen LogP contribution in [-0.4, -0.2) is 4.98 Å². The number of para-hydroxylation sites is 1. The minimum absolute atomic E-state index is 0.643. The largest absolute Gasteiger partial charge is 0.456 e. The quantitative estimate of drug-likeness (QED) is 0.112. The molecule has 25 aromatic rings. The van der Waals surface area contributed by atoms with Crippen molar-refractivity contribution < 1.29 is 8.83 Å². The second-order valence-electron chi connectivity index (χ2n) is 31.3. The van der Waals surface area contributed by atoms with Gasteiger partial charge in [-0.25, -0.2) is 4.98 Å². The first kappa shape index (κ1) is 69.7. The van der Waals surface area contributed by atoms with Crippen molar-refractivity contribution >= 4 is 152 Å². The maximum Gasteiger partial charge on any atom is 0.227 e. The Kier molecular flexibility index (Phi) is 16.9. The molecule has 0 bridgehead atoms. The SMILES string of the molecule is c1ccc(-c2c3ccccc3c(-c3cccc4cc(-c5cccc6oc7ccccc7c56)ccc34)c3ccccc23)cc1.c1ccc(-c2nc3ccc4ccc5ccc(-c6c7ccccc7c(-c7ccccc7)c7ccccc67)cc5c4c3o2)cc1.c1ccc2cc(-c3c4ccccc4c(-c4cccc5ccccc45)c4ccccc34)ccc2c1. The van der Waals surface area contributed by atoms with Gasteiger partial charge in [-0.2, -0.15) is 0 Å². The molecule has 0 saturated heterocycles. The van der Waals surface area contributed by atoms with Crippen molar-refractivity contribution in [1.82, 2.24) is 4.98 Å². The van der Waals surface area contributed by atoms with E-state index in [9.17, 15) is 0 Å². The lowest BCUT2D eigenvalue weighted by molar-refractivity contribution is 0.623. The van der Waals surface area contributed by atoms with Crippen molar-refractivity contribution in [1.29, 1.82) is 0 Å². The van der Waals surface area contributed by atoms with Crippen LogP contribution in [0, 0.1) is 0 Å². The van der Waals surface area contributed by atoms with E-state index in [1.165, 1.54) is 186 Å². The third kappa shape index (κ3) is 11.8. The van der Waals surface area contributed by atoms with Crippen molar-refractivity contribution in [2.75, 3.05) is 0 Å². The zero-order valence-electron chi connectivity index (χ0n) is 65.4. The molecule has 0 atom stereocenters. The average Bonchev–Trinajstić information content (AvgIpc) is 0.899. The van der Waals surface area contributed by atoms with Crippen LogP contribution in [0.3, 0.4) is 0 Å². The van der Waals surface area contributed by atoms with Gasteiger partial charge in [-0.3, -0.25) is 0 Å². The molecule has 23 aromatic carbocycles. The summed E-state index contributed by atoms with van der Waals surface area (Å²) >= 11 is 0. The summed E-state index contributed by atoms with van der Waals surface area (Å²) in [6.07, 6.45) is 0. The Labute approximate surface area is 692 Å². The number of aromatic nitrogens is 1. The summed E-state index contributed by atoms with van der Waals surface area (Å²) in [6, 6.07) is 159. The van der Waals surface area contributed by atoms with Crippen LogP contribution in [-0.2, 0) is 0 Å². The van der Waals surface area contributed by atoms with Gasteiger partial charge in [0.15, 0.2) is 5.58 Å². The van der Waals surface area contributed by atoms with Crippen LogP contribution in [0.1, 0.15) is 0 Å². The lowest BCUT2D eigenvalue weighted by Crippen LogP contribution is -1.91. The highest BCUT2D eigenvalue weighted by molar-refractivity contribution is 6.28. The number of nitrogens with zero attached hydrogens (tertiary/aromatic N) is 1. The van der Waals surface area contributed by atoms with E-state index in [0.717, 1.165) is 49.4 Å². The molecular formula is C117H73NO2. The molecule has 558 valence electrons. The Morgan fingerprint density at radius 2 is 0.500 bits per heavy atom. The lowest BCUT2D eigenvalue weighted by Gasteiger charge is -2.19. The molecule has 0 radical (unpaired) electrons. The van der Waals surface area contributed by atoms with Gasteiger partial charge in [0, 0.05) is 21.7 Å². The highest BCUT2D eigenvalue weighted by Crippen LogP contribution is 2.51. The van der Waals surface area contributed by atoms with Crippen LogP contribution in [0.5, 0.6) is 0 Å². The maximum atomic E-state index is 6.52. The fraction of sp³-hybridized carbons (Fsp3) is 0. The summed E-state index contributed by atoms with van der Waals surface area (Å²) in [4.78, 5) is 4.87. The second kappa shape index (κ2) is 29.2. The Bertz CT molecular complexity index is 8230. The number of hydrogen-bond acceptors (Lipinski definition) is 3. The van der Waals surface area contributed by atoms with E-state index in [0.29, 0.717) is 5.89 Å². The van der Waals surface area contributed by atoms with Crippen LogP contribution in [0.15, 0.2) is 452 Å². The van der Waals surface area contributed by atoms with Crippen molar-refractivity contribution in [3.8, 4) is 89.3 Å². The molecule has 0 N–H and O–H groups in total. The summed E-state index contributed by atoms with van der Waals surface area (Å²) < 4.78 is 12.7. The van der Waals surface area contributed by atoms with Gasteiger partial charge in [-0.1, -0.05) is 394 Å². The Morgan fingerprint density at radius 1 is 0.158 bits per heavy atom. The van der Waals surface area contributed by atoms with Gasteiger partial charge in [0.2, 0.25) is 5.89 Å². The third-order valence-corrected chi connectivity index (χ3v) is 24.5. The number of rotatable bonds is 8. The highest BCUT2D eigenvalue weighted by atomic mass is 16.3. The summed E-state index contributed by atoms with van der Waals surface area (Å²) in [5.74, 6) is 0.643. The van der Waals surface area contributed by atoms with Gasteiger partial charge in [-0.05, 0) is 240 Å². The lowest BCUT2D eigenvalue weighted by atomic mass is 9.84. The topological polar surface area (TPSA) is 39.2 Å². The third-order valence-electron chi connectivity index (χ3n) is 24.5. The highest BCUT2D eigenvalue weighted by Gasteiger charge is 2.24. The predicted molar refractivity (Wildman–Crippen MR) is 510 cm³/mol. The summed E-state index contributed by atoms with van der Waals surface area (Å²) in [5.41, 5.74) is 22.1. The first-order valence-electron chi connectivity index (χ1n) is 41.2. The molecule has 0 unspecified atom stereocenters. The molecule has 2 heterocycles. The Morgan fingerprint density at radius 3 is 1.04 bits per heavy atom. The monoisotopic (exact) mass is 1520 g/mol.